The van der Waals surface area contributed by atoms with Crippen molar-refractivity contribution in [3.05, 3.63) is 109 Å². The molecule has 0 heterocycles. The van der Waals surface area contributed by atoms with Crippen LogP contribution in [-0.4, -0.2) is 65.7 Å². The summed E-state index contributed by atoms with van der Waals surface area (Å²) in [6, 6.07) is 0. The third kappa shape index (κ3) is 42.6. The molecule has 1 unspecified atom stereocenters. The molecule has 0 fully saturated rings. The van der Waals surface area contributed by atoms with E-state index in [1.165, 1.54) is 19.3 Å². The van der Waals surface area contributed by atoms with Crippen molar-refractivity contribution in [2.75, 3.05) is 26.4 Å². The third-order valence-electron chi connectivity index (χ3n) is 8.42. The molecule has 0 aromatic rings. The van der Waals surface area contributed by atoms with Crippen molar-refractivity contribution < 1.29 is 47.8 Å². The predicted octanol–water partition coefficient (Wildman–Crippen LogP) is 11.8. The number of phosphoric acid groups is 1. The van der Waals surface area contributed by atoms with Gasteiger partial charge in [-0.15, -0.1) is 0 Å². The fourth-order valence-corrected chi connectivity index (χ4v) is 5.87. The van der Waals surface area contributed by atoms with Gasteiger partial charge in [0.25, 0.3) is 0 Å². The van der Waals surface area contributed by atoms with Crippen LogP contribution in [0.3, 0.4) is 0 Å². The van der Waals surface area contributed by atoms with E-state index in [2.05, 4.69) is 116 Å². The molecule has 0 aliphatic rings. The van der Waals surface area contributed by atoms with Crippen LogP contribution >= 0.6 is 7.82 Å². The van der Waals surface area contributed by atoms with E-state index in [0.29, 0.717) is 12.8 Å². The van der Waals surface area contributed by atoms with Gasteiger partial charge in [0.2, 0.25) is 0 Å². The maximum atomic E-state index is 12.6. The summed E-state index contributed by atoms with van der Waals surface area (Å²) in [5, 5.41) is 18.3. The number of hydrogen-bond acceptors (Lipinski definition) is 9. The Kier molecular flexibility index (Phi) is 40.3. The van der Waals surface area contributed by atoms with Crippen molar-refractivity contribution in [3.63, 3.8) is 0 Å². The Morgan fingerprint density at radius 3 is 1.46 bits per heavy atom. The molecule has 11 heteroatoms. The fraction of sp³-hybridized carbons (Fsp3) is 0.583. The summed E-state index contributed by atoms with van der Waals surface area (Å²) in [6.07, 6.45) is 53.5. The fourth-order valence-electron chi connectivity index (χ4n) is 5.08. The number of hydrogen-bond donors (Lipinski definition) is 3. The first-order valence-electron chi connectivity index (χ1n) is 21.8. The van der Waals surface area contributed by atoms with Crippen molar-refractivity contribution in [1.29, 1.82) is 0 Å². The van der Waals surface area contributed by atoms with E-state index in [-0.39, 0.29) is 19.4 Å². The third-order valence-corrected chi connectivity index (χ3v) is 9.38. The van der Waals surface area contributed by atoms with Gasteiger partial charge in [0.15, 0.2) is 6.10 Å². The van der Waals surface area contributed by atoms with Crippen LogP contribution in [0.1, 0.15) is 142 Å². The molecule has 0 aliphatic carbocycles. The standard InChI is InChI=1S/C48H77O10P/c1-3-5-7-9-11-13-15-17-19-21-22-24-25-27-29-31-33-35-37-39-47(51)55-43-46(44-57-59(53,54)56-42-45(50)41-49)58-48(52)40-38-36-34-32-30-28-26-23-20-18-16-14-12-10-8-6-4-2/h5,7,11-14,17-20,22,24,26-29,33,35,45-46,49-50H,3-4,6,8-10,15-16,21,23,25,30-32,34,36-44H2,1-2H3,(H,53,54)/b7-5+,13-11+,14-12+,19-17+,20-18+,24-22+,28-26+,29-27+,35-33+/t45-,46+/m0/s1. The highest BCUT2D eigenvalue weighted by atomic mass is 31.2. The molecule has 10 nitrogen and oxygen atoms in total. The van der Waals surface area contributed by atoms with Gasteiger partial charge >= 0.3 is 19.8 Å². The summed E-state index contributed by atoms with van der Waals surface area (Å²) in [5.74, 6) is -1.06. The Bertz CT molecular complexity index is 1340. The molecular weight excluding hydrogens is 767 g/mol. The first-order chi connectivity index (χ1) is 28.7. The van der Waals surface area contributed by atoms with Crippen molar-refractivity contribution in [1.82, 2.24) is 0 Å². The highest BCUT2D eigenvalue weighted by Crippen LogP contribution is 2.43. The summed E-state index contributed by atoms with van der Waals surface area (Å²) in [5.41, 5.74) is 0. The Hall–Kier alpha value is -3.37. The maximum absolute atomic E-state index is 12.6. The van der Waals surface area contributed by atoms with E-state index >= 15 is 0 Å². The average molecular weight is 845 g/mol. The Morgan fingerprint density at radius 2 is 0.966 bits per heavy atom. The lowest BCUT2D eigenvalue weighted by atomic mass is 10.1. The second-order valence-corrected chi connectivity index (χ2v) is 15.4. The quantitative estimate of drug-likeness (QED) is 0.0236. The SMILES string of the molecule is CC/C=C/C/C=C/C/C=C/C/C=C/C/C=C/C/C=C/CCC(=O)OC[C@H](COP(=O)(O)OC[C@@H](O)CO)OC(=O)CCCCCC/C=C/C/C=C/C/C=C/CCCCC. The van der Waals surface area contributed by atoms with Crippen LogP contribution in [-0.2, 0) is 32.7 Å². The van der Waals surface area contributed by atoms with Gasteiger partial charge in [0.1, 0.15) is 12.7 Å². The molecule has 0 amide bonds. The van der Waals surface area contributed by atoms with Crippen LogP contribution in [0.15, 0.2) is 109 Å². The van der Waals surface area contributed by atoms with E-state index in [9.17, 15) is 24.2 Å². The first kappa shape index (κ1) is 55.6. The first-order valence-corrected chi connectivity index (χ1v) is 23.3. The summed E-state index contributed by atoms with van der Waals surface area (Å²) >= 11 is 0. The van der Waals surface area contributed by atoms with Crippen molar-refractivity contribution in [2.24, 2.45) is 0 Å². The molecule has 0 aromatic heterocycles. The van der Waals surface area contributed by atoms with Crippen LogP contribution in [0, 0.1) is 0 Å². The number of ether oxygens (including phenoxy) is 2. The monoisotopic (exact) mass is 845 g/mol. The molecule has 0 spiro atoms. The van der Waals surface area contributed by atoms with E-state index in [1.54, 1.807) is 0 Å². The number of aliphatic hydroxyl groups is 2. The van der Waals surface area contributed by atoms with Gasteiger partial charge in [0, 0.05) is 12.8 Å². The average Bonchev–Trinajstić information content (AvgIpc) is 3.22. The Labute approximate surface area is 356 Å². The zero-order valence-corrected chi connectivity index (χ0v) is 37.1. The number of unbranched alkanes of at least 4 members (excludes halogenated alkanes) is 7. The smallest absolute Gasteiger partial charge is 0.462 e. The number of aliphatic hydroxyl groups excluding tert-OH is 2. The Balaban J connectivity index is 4.49. The molecule has 0 saturated heterocycles. The second kappa shape index (κ2) is 42.7. The molecule has 3 atom stereocenters. The minimum atomic E-state index is -4.65. The van der Waals surface area contributed by atoms with Gasteiger partial charge in [-0.1, -0.05) is 149 Å². The highest BCUT2D eigenvalue weighted by molar-refractivity contribution is 7.47. The van der Waals surface area contributed by atoms with E-state index < -0.39 is 51.8 Å². The highest BCUT2D eigenvalue weighted by Gasteiger charge is 2.27. The van der Waals surface area contributed by atoms with Gasteiger partial charge in [0.05, 0.1) is 19.8 Å². The molecule has 0 rings (SSSR count). The van der Waals surface area contributed by atoms with Crippen LogP contribution in [0.4, 0.5) is 0 Å². The zero-order chi connectivity index (χ0) is 43.3. The van der Waals surface area contributed by atoms with Crippen LogP contribution in [0.25, 0.3) is 0 Å². The molecule has 0 bridgehead atoms. The summed E-state index contributed by atoms with van der Waals surface area (Å²) < 4.78 is 32.6. The number of allylic oxidation sites excluding steroid dienone is 18. The zero-order valence-electron chi connectivity index (χ0n) is 36.2. The lowest BCUT2D eigenvalue weighted by Crippen LogP contribution is -2.29. The predicted molar refractivity (Wildman–Crippen MR) is 242 cm³/mol. The summed E-state index contributed by atoms with van der Waals surface area (Å²) in [4.78, 5) is 35.0. The normalized spacial score (nSPS) is 14.9. The van der Waals surface area contributed by atoms with Crippen molar-refractivity contribution in [3.8, 4) is 0 Å². The van der Waals surface area contributed by atoms with Gasteiger partial charge in [-0.3, -0.25) is 18.6 Å². The summed E-state index contributed by atoms with van der Waals surface area (Å²) in [7, 11) is -4.65. The van der Waals surface area contributed by atoms with E-state index in [1.807, 2.05) is 12.2 Å². The van der Waals surface area contributed by atoms with Crippen LogP contribution in [0.5, 0.6) is 0 Å². The van der Waals surface area contributed by atoms with Gasteiger partial charge < -0.3 is 24.6 Å². The van der Waals surface area contributed by atoms with Crippen molar-refractivity contribution >= 4 is 19.8 Å². The minimum Gasteiger partial charge on any atom is -0.462 e. The van der Waals surface area contributed by atoms with Gasteiger partial charge in [-0.25, -0.2) is 4.57 Å². The molecule has 0 aliphatic heterocycles. The largest absolute Gasteiger partial charge is 0.472 e. The van der Waals surface area contributed by atoms with Crippen LogP contribution < -0.4 is 0 Å². The molecule has 0 aromatic carbocycles. The number of rotatable bonds is 39. The number of esters is 2. The maximum Gasteiger partial charge on any atom is 0.472 e. The minimum absolute atomic E-state index is 0.104. The lowest BCUT2D eigenvalue weighted by Gasteiger charge is -2.20. The Morgan fingerprint density at radius 1 is 0.525 bits per heavy atom. The number of carbonyl (C=O) groups excluding carboxylic acids is 2. The lowest BCUT2D eigenvalue weighted by molar-refractivity contribution is -0.161. The van der Waals surface area contributed by atoms with Gasteiger partial charge in [-0.2, -0.15) is 0 Å². The molecular formula is C48H77O10P. The van der Waals surface area contributed by atoms with Crippen LogP contribution in [0.2, 0.25) is 0 Å². The van der Waals surface area contributed by atoms with E-state index in [0.717, 1.165) is 83.5 Å². The topological polar surface area (TPSA) is 149 Å². The van der Waals surface area contributed by atoms with Crippen molar-refractivity contribution in [2.45, 2.75) is 154 Å². The number of carbonyl (C=O) groups is 2. The second-order valence-electron chi connectivity index (χ2n) is 14.0. The summed E-state index contributed by atoms with van der Waals surface area (Å²) in [6.45, 7) is 2.10. The number of phosphoric ester groups is 1. The molecule has 59 heavy (non-hydrogen) atoms. The molecule has 334 valence electrons. The van der Waals surface area contributed by atoms with Gasteiger partial charge in [-0.05, 0) is 89.9 Å². The van der Waals surface area contributed by atoms with E-state index in [4.69, 9.17) is 19.1 Å². The molecule has 0 radical (unpaired) electrons. The molecule has 0 saturated carbocycles. The molecule has 3 N–H and O–H groups in total.